The van der Waals surface area contributed by atoms with Gasteiger partial charge in [0.1, 0.15) is 11.5 Å². The average molecular weight is 379 g/mol. The normalized spacial score (nSPS) is 13.2. The molecule has 1 aliphatic heterocycles. The number of nitrogens with one attached hydrogen (secondary N) is 1. The van der Waals surface area contributed by atoms with Crippen LogP contribution in [0.3, 0.4) is 0 Å². The summed E-state index contributed by atoms with van der Waals surface area (Å²) in [6.07, 6.45) is 1.12. The predicted octanol–water partition coefficient (Wildman–Crippen LogP) is 3.97. The second-order valence-electron chi connectivity index (χ2n) is 6.37. The maximum atomic E-state index is 13.2. The van der Waals surface area contributed by atoms with Crippen LogP contribution >= 0.6 is 0 Å². The molecule has 0 spiro atoms. The fourth-order valence-corrected chi connectivity index (χ4v) is 4.13. The number of ether oxygens (including phenoxy) is 1. The Bertz CT molecular complexity index is 1090. The molecule has 5 nitrogen and oxygen atoms in total. The van der Waals surface area contributed by atoms with Gasteiger partial charge in [0, 0.05) is 17.4 Å². The lowest BCUT2D eigenvalue weighted by atomic mass is 9.87. The topological polar surface area (TPSA) is 72.5 Å². The van der Waals surface area contributed by atoms with E-state index in [2.05, 4.69) is 5.32 Å². The minimum absolute atomic E-state index is 0.0898. The summed E-state index contributed by atoms with van der Waals surface area (Å²) in [5, 5.41) is 2.79. The standard InChI is InChI=1S/C21H17NO4S/c1-27(24,25)19-13-7-4-10-16(19)22-21(23)20-14-8-2-5-11-17(14)26-18-12-6-3-9-15(18)20/h2-13,20H,1H3,(H,22,23). The second-order valence-corrected chi connectivity index (χ2v) is 8.35. The lowest BCUT2D eigenvalue weighted by Crippen LogP contribution is -2.25. The Morgan fingerprint density at radius 1 is 0.852 bits per heavy atom. The van der Waals surface area contributed by atoms with Gasteiger partial charge in [0.2, 0.25) is 5.91 Å². The van der Waals surface area contributed by atoms with E-state index < -0.39 is 15.8 Å². The molecule has 136 valence electrons. The van der Waals surface area contributed by atoms with Crippen molar-refractivity contribution in [2.45, 2.75) is 10.8 Å². The number of amides is 1. The zero-order valence-corrected chi connectivity index (χ0v) is 15.4. The van der Waals surface area contributed by atoms with Crippen LogP contribution in [-0.4, -0.2) is 20.6 Å². The Morgan fingerprint density at radius 3 is 1.96 bits per heavy atom. The molecule has 1 amide bonds. The van der Waals surface area contributed by atoms with Gasteiger partial charge in [0.15, 0.2) is 9.84 Å². The molecule has 0 saturated heterocycles. The van der Waals surface area contributed by atoms with Crippen molar-refractivity contribution in [2.75, 3.05) is 11.6 Å². The lowest BCUT2D eigenvalue weighted by molar-refractivity contribution is -0.116. The molecule has 0 aliphatic carbocycles. The number of fused-ring (bicyclic) bond motifs is 2. The summed E-state index contributed by atoms with van der Waals surface area (Å²) in [5.41, 5.74) is 1.75. The van der Waals surface area contributed by atoms with Crippen LogP contribution in [0.2, 0.25) is 0 Å². The average Bonchev–Trinajstić information content (AvgIpc) is 2.65. The van der Waals surface area contributed by atoms with Crippen molar-refractivity contribution in [3.8, 4) is 11.5 Å². The van der Waals surface area contributed by atoms with E-state index in [1.54, 1.807) is 18.2 Å². The second kappa shape index (κ2) is 6.55. The van der Waals surface area contributed by atoms with Gasteiger partial charge in [0.05, 0.1) is 16.5 Å². The van der Waals surface area contributed by atoms with Crippen molar-refractivity contribution in [2.24, 2.45) is 0 Å². The van der Waals surface area contributed by atoms with Crippen molar-refractivity contribution in [1.29, 1.82) is 0 Å². The summed E-state index contributed by atoms with van der Waals surface area (Å²) in [5.74, 6) is 0.327. The monoisotopic (exact) mass is 379 g/mol. The molecule has 0 radical (unpaired) electrons. The van der Waals surface area contributed by atoms with Crippen LogP contribution in [-0.2, 0) is 14.6 Å². The number of anilines is 1. The van der Waals surface area contributed by atoms with E-state index in [1.807, 2.05) is 48.5 Å². The van der Waals surface area contributed by atoms with Crippen molar-refractivity contribution in [3.05, 3.63) is 83.9 Å². The third-order valence-electron chi connectivity index (χ3n) is 4.49. The SMILES string of the molecule is CS(=O)(=O)c1ccccc1NC(=O)C1c2ccccc2Oc2ccccc21. The Labute approximate surface area is 157 Å². The molecule has 4 rings (SSSR count). The molecule has 0 atom stereocenters. The maximum Gasteiger partial charge on any atom is 0.236 e. The van der Waals surface area contributed by atoms with E-state index in [-0.39, 0.29) is 16.5 Å². The first kappa shape index (κ1) is 17.3. The number of carbonyl (C=O) groups excluding carboxylic acids is 1. The molecule has 1 aliphatic rings. The maximum absolute atomic E-state index is 13.2. The van der Waals surface area contributed by atoms with Crippen molar-refractivity contribution in [3.63, 3.8) is 0 Å². The molecule has 0 saturated carbocycles. The van der Waals surface area contributed by atoms with Gasteiger partial charge in [-0.05, 0) is 24.3 Å². The van der Waals surface area contributed by atoms with Crippen LogP contribution in [0.15, 0.2) is 77.7 Å². The zero-order valence-electron chi connectivity index (χ0n) is 14.5. The molecule has 3 aromatic carbocycles. The van der Waals surface area contributed by atoms with Crippen LogP contribution in [0.25, 0.3) is 0 Å². The van der Waals surface area contributed by atoms with Crippen LogP contribution in [0.1, 0.15) is 17.0 Å². The highest BCUT2D eigenvalue weighted by Crippen LogP contribution is 2.44. The van der Waals surface area contributed by atoms with E-state index in [1.165, 1.54) is 6.07 Å². The Hall–Kier alpha value is -3.12. The largest absolute Gasteiger partial charge is 0.457 e. The summed E-state index contributed by atoms with van der Waals surface area (Å²) in [6.45, 7) is 0. The number of hydrogen-bond acceptors (Lipinski definition) is 4. The lowest BCUT2D eigenvalue weighted by Gasteiger charge is -2.27. The zero-order chi connectivity index (χ0) is 19.0. The highest BCUT2D eigenvalue weighted by Gasteiger charge is 2.33. The molecule has 1 heterocycles. The van der Waals surface area contributed by atoms with Crippen LogP contribution in [0.5, 0.6) is 11.5 Å². The van der Waals surface area contributed by atoms with Crippen LogP contribution < -0.4 is 10.1 Å². The molecule has 0 aromatic heterocycles. The molecule has 27 heavy (non-hydrogen) atoms. The molecular weight excluding hydrogens is 362 g/mol. The van der Waals surface area contributed by atoms with E-state index in [0.717, 1.165) is 17.4 Å². The fraction of sp³-hybridized carbons (Fsp3) is 0.0952. The first-order valence-electron chi connectivity index (χ1n) is 8.41. The third kappa shape index (κ3) is 3.19. The molecule has 0 fully saturated rings. The Kier molecular flexibility index (Phi) is 4.20. The van der Waals surface area contributed by atoms with Crippen molar-refractivity contribution < 1.29 is 17.9 Å². The van der Waals surface area contributed by atoms with Gasteiger partial charge < -0.3 is 10.1 Å². The highest BCUT2D eigenvalue weighted by molar-refractivity contribution is 7.90. The quantitative estimate of drug-likeness (QED) is 0.747. The first-order valence-corrected chi connectivity index (χ1v) is 10.3. The molecule has 1 N–H and O–H groups in total. The predicted molar refractivity (Wildman–Crippen MR) is 103 cm³/mol. The van der Waals surface area contributed by atoms with E-state index in [9.17, 15) is 13.2 Å². The molecule has 0 unspecified atom stereocenters. The number of sulfone groups is 1. The van der Waals surface area contributed by atoms with Crippen molar-refractivity contribution >= 4 is 21.4 Å². The summed E-state index contributed by atoms with van der Waals surface area (Å²) in [6, 6.07) is 21.1. The molecule has 0 bridgehead atoms. The number of carbonyl (C=O) groups is 1. The molecule has 3 aromatic rings. The fourth-order valence-electron chi connectivity index (χ4n) is 3.29. The summed E-state index contributed by atoms with van der Waals surface area (Å²) in [4.78, 5) is 13.3. The van der Waals surface area contributed by atoms with E-state index >= 15 is 0 Å². The number of hydrogen-bond donors (Lipinski definition) is 1. The Morgan fingerprint density at radius 2 is 1.37 bits per heavy atom. The number of benzene rings is 3. The van der Waals surface area contributed by atoms with Gasteiger partial charge >= 0.3 is 0 Å². The highest BCUT2D eigenvalue weighted by atomic mass is 32.2. The van der Waals surface area contributed by atoms with Gasteiger partial charge in [-0.25, -0.2) is 8.42 Å². The third-order valence-corrected chi connectivity index (χ3v) is 5.64. The van der Waals surface area contributed by atoms with E-state index in [0.29, 0.717) is 11.5 Å². The smallest absolute Gasteiger partial charge is 0.236 e. The van der Waals surface area contributed by atoms with Gasteiger partial charge in [-0.15, -0.1) is 0 Å². The molecule has 6 heteroatoms. The van der Waals surface area contributed by atoms with Gasteiger partial charge in [-0.3, -0.25) is 4.79 Å². The minimum Gasteiger partial charge on any atom is -0.457 e. The number of rotatable bonds is 3. The van der Waals surface area contributed by atoms with Gasteiger partial charge in [-0.1, -0.05) is 48.5 Å². The van der Waals surface area contributed by atoms with Crippen LogP contribution in [0, 0.1) is 0 Å². The van der Waals surface area contributed by atoms with Gasteiger partial charge in [0.25, 0.3) is 0 Å². The summed E-state index contributed by atoms with van der Waals surface area (Å²) < 4.78 is 30.0. The Balaban J connectivity index is 1.78. The van der Waals surface area contributed by atoms with Crippen molar-refractivity contribution in [1.82, 2.24) is 0 Å². The van der Waals surface area contributed by atoms with E-state index in [4.69, 9.17) is 4.74 Å². The summed E-state index contributed by atoms with van der Waals surface area (Å²) in [7, 11) is -3.47. The minimum atomic E-state index is -3.47. The molecular formula is C21H17NO4S. The van der Waals surface area contributed by atoms with Gasteiger partial charge in [-0.2, -0.15) is 0 Å². The van der Waals surface area contributed by atoms with Crippen LogP contribution in [0.4, 0.5) is 5.69 Å². The first-order chi connectivity index (χ1) is 12.9. The number of para-hydroxylation sites is 3. The summed E-state index contributed by atoms with van der Waals surface area (Å²) >= 11 is 0.